The number of hydrogen-bond donors (Lipinski definition) is 1. The van der Waals surface area contributed by atoms with Gasteiger partial charge in [-0.3, -0.25) is 4.79 Å². The molecule has 0 radical (unpaired) electrons. The maximum atomic E-state index is 13.1. The van der Waals surface area contributed by atoms with E-state index in [9.17, 15) is 13.2 Å². The van der Waals surface area contributed by atoms with E-state index in [1.807, 2.05) is 30.3 Å². The van der Waals surface area contributed by atoms with Crippen LogP contribution in [0.1, 0.15) is 21.7 Å². The number of aryl methyl sites for hydroxylation is 2. The molecular weight excluding hydrogens is 398 g/mol. The Morgan fingerprint density at radius 3 is 2.32 bits per heavy atom. The van der Waals surface area contributed by atoms with E-state index in [0.29, 0.717) is 16.4 Å². The van der Waals surface area contributed by atoms with Crippen molar-refractivity contribution in [1.29, 1.82) is 0 Å². The Hall–Kier alpha value is -2.48. The summed E-state index contributed by atoms with van der Waals surface area (Å²) in [5.41, 5.74) is 2.16. The molecule has 8 heteroatoms. The number of nitrogens with zero attached hydrogens (tertiary/aromatic N) is 2. The highest BCUT2D eigenvalue weighted by atomic mass is 35.5. The smallest absolute Gasteiger partial charge is 0.265 e. The highest BCUT2D eigenvalue weighted by Gasteiger charge is 2.28. The lowest BCUT2D eigenvalue weighted by atomic mass is 10.1. The molecule has 0 unspecified atom stereocenters. The minimum absolute atomic E-state index is 0.0381. The first-order chi connectivity index (χ1) is 13.3. The SMILES string of the molecule is Cc1cc(C)n(C(=O)[C@H](Cc2ccccc2)NS(=O)(=O)c2ccc(Cl)cc2)n1. The monoisotopic (exact) mass is 417 g/mol. The quantitative estimate of drug-likeness (QED) is 0.666. The van der Waals surface area contributed by atoms with Gasteiger partial charge in [0.05, 0.1) is 10.6 Å². The van der Waals surface area contributed by atoms with Crippen LogP contribution in [0.4, 0.5) is 0 Å². The number of hydrogen-bond acceptors (Lipinski definition) is 4. The van der Waals surface area contributed by atoms with Gasteiger partial charge < -0.3 is 0 Å². The molecule has 0 spiro atoms. The average molecular weight is 418 g/mol. The van der Waals surface area contributed by atoms with Gasteiger partial charge in [0.15, 0.2) is 0 Å². The van der Waals surface area contributed by atoms with Gasteiger partial charge in [0.1, 0.15) is 6.04 Å². The van der Waals surface area contributed by atoms with Crippen molar-refractivity contribution in [3.05, 3.63) is 82.6 Å². The topological polar surface area (TPSA) is 81.1 Å². The molecule has 3 aromatic rings. The van der Waals surface area contributed by atoms with Crippen molar-refractivity contribution in [1.82, 2.24) is 14.5 Å². The largest absolute Gasteiger partial charge is 0.271 e. The van der Waals surface area contributed by atoms with Gasteiger partial charge in [0.25, 0.3) is 5.91 Å². The van der Waals surface area contributed by atoms with E-state index in [-0.39, 0.29) is 11.3 Å². The highest BCUT2D eigenvalue weighted by molar-refractivity contribution is 7.89. The average Bonchev–Trinajstić information content (AvgIpc) is 3.00. The van der Waals surface area contributed by atoms with Gasteiger partial charge in [-0.15, -0.1) is 0 Å². The molecule has 0 saturated heterocycles. The predicted molar refractivity (Wildman–Crippen MR) is 108 cm³/mol. The lowest BCUT2D eigenvalue weighted by Crippen LogP contribution is -2.45. The summed E-state index contributed by atoms with van der Waals surface area (Å²) in [5.74, 6) is -0.438. The van der Waals surface area contributed by atoms with Crippen LogP contribution in [0.5, 0.6) is 0 Å². The Morgan fingerprint density at radius 1 is 1.11 bits per heavy atom. The summed E-state index contributed by atoms with van der Waals surface area (Å²) >= 11 is 5.84. The second kappa shape index (κ2) is 8.26. The van der Waals surface area contributed by atoms with Crippen molar-refractivity contribution in [2.75, 3.05) is 0 Å². The van der Waals surface area contributed by atoms with Crippen LogP contribution < -0.4 is 4.72 Å². The van der Waals surface area contributed by atoms with Gasteiger partial charge in [-0.1, -0.05) is 41.9 Å². The Morgan fingerprint density at radius 2 is 1.75 bits per heavy atom. The molecule has 1 atom stereocenters. The fraction of sp³-hybridized carbons (Fsp3) is 0.200. The second-order valence-electron chi connectivity index (χ2n) is 6.49. The molecule has 0 saturated carbocycles. The summed E-state index contributed by atoms with van der Waals surface area (Å²) in [6, 6.07) is 15.8. The molecule has 3 rings (SSSR count). The van der Waals surface area contributed by atoms with Crippen LogP contribution in [0.25, 0.3) is 0 Å². The third-order valence-corrected chi connectivity index (χ3v) is 5.96. The fourth-order valence-corrected chi connectivity index (χ4v) is 4.21. The molecule has 2 aromatic carbocycles. The fourth-order valence-electron chi connectivity index (χ4n) is 2.90. The molecule has 0 amide bonds. The normalized spacial score (nSPS) is 12.7. The molecule has 0 aliphatic rings. The Bertz CT molecular complexity index is 1080. The number of benzene rings is 2. The van der Waals surface area contributed by atoms with Crippen LogP contribution in [0, 0.1) is 13.8 Å². The third-order valence-electron chi connectivity index (χ3n) is 4.22. The molecule has 0 bridgehead atoms. The maximum absolute atomic E-state index is 13.1. The van der Waals surface area contributed by atoms with E-state index >= 15 is 0 Å². The van der Waals surface area contributed by atoms with Crippen LogP contribution in [-0.2, 0) is 16.4 Å². The standard InChI is InChI=1S/C20H20ClN3O3S/c1-14-12-15(2)24(22-14)20(25)19(13-16-6-4-3-5-7-16)23-28(26,27)18-10-8-17(21)9-11-18/h3-12,19,23H,13H2,1-2H3/t19-/m0/s1. The first-order valence-electron chi connectivity index (χ1n) is 8.65. The lowest BCUT2D eigenvalue weighted by Gasteiger charge is -2.18. The van der Waals surface area contributed by atoms with Crippen molar-refractivity contribution in [3.63, 3.8) is 0 Å². The molecule has 0 aliphatic heterocycles. The van der Waals surface area contributed by atoms with E-state index in [4.69, 9.17) is 11.6 Å². The molecule has 1 heterocycles. The summed E-state index contributed by atoms with van der Waals surface area (Å²) in [5, 5.41) is 4.63. The third kappa shape index (κ3) is 4.67. The predicted octanol–water partition coefficient (Wildman–Crippen LogP) is 3.38. The summed E-state index contributed by atoms with van der Waals surface area (Å²) in [6.07, 6.45) is 0.199. The maximum Gasteiger partial charge on any atom is 0.265 e. The summed E-state index contributed by atoms with van der Waals surface area (Å²) in [4.78, 5) is 13.1. The first kappa shape index (κ1) is 20.3. The van der Waals surface area contributed by atoms with E-state index < -0.39 is 22.0 Å². The van der Waals surface area contributed by atoms with Gasteiger partial charge >= 0.3 is 0 Å². The zero-order valence-corrected chi connectivity index (χ0v) is 17.0. The lowest BCUT2D eigenvalue weighted by molar-refractivity contribution is 0.0851. The van der Waals surface area contributed by atoms with Crippen molar-refractivity contribution < 1.29 is 13.2 Å². The van der Waals surface area contributed by atoms with Gasteiger partial charge in [-0.2, -0.15) is 9.82 Å². The molecule has 6 nitrogen and oxygen atoms in total. The number of nitrogens with one attached hydrogen (secondary N) is 1. The number of aromatic nitrogens is 2. The molecule has 28 heavy (non-hydrogen) atoms. The van der Waals surface area contributed by atoms with Crippen LogP contribution in [0.3, 0.4) is 0 Å². The number of carbonyl (C=O) groups excluding carboxylic acids is 1. The number of halogens is 1. The van der Waals surface area contributed by atoms with Crippen LogP contribution in [0.2, 0.25) is 5.02 Å². The van der Waals surface area contributed by atoms with Crippen LogP contribution in [-0.4, -0.2) is 30.1 Å². The second-order valence-corrected chi connectivity index (χ2v) is 8.65. The van der Waals surface area contributed by atoms with Gasteiger partial charge in [-0.25, -0.2) is 13.1 Å². The molecule has 0 aliphatic carbocycles. The van der Waals surface area contributed by atoms with E-state index in [1.54, 1.807) is 19.9 Å². The highest BCUT2D eigenvalue weighted by Crippen LogP contribution is 2.16. The molecule has 1 aromatic heterocycles. The van der Waals surface area contributed by atoms with Crippen molar-refractivity contribution >= 4 is 27.5 Å². The van der Waals surface area contributed by atoms with E-state index in [0.717, 1.165) is 5.56 Å². The number of sulfonamides is 1. The minimum Gasteiger partial charge on any atom is -0.271 e. The zero-order valence-electron chi connectivity index (χ0n) is 15.5. The van der Waals surface area contributed by atoms with Crippen molar-refractivity contribution in [2.24, 2.45) is 0 Å². The van der Waals surface area contributed by atoms with E-state index in [1.165, 1.54) is 28.9 Å². The molecule has 0 fully saturated rings. The summed E-state index contributed by atoms with van der Waals surface area (Å²) in [7, 11) is -3.93. The van der Waals surface area contributed by atoms with Crippen LogP contribution >= 0.6 is 11.6 Å². The minimum atomic E-state index is -3.93. The summed E-state index contributed by atoms with van der Waals surface area (Å²) < 4.78 is 29.4. The van der Waals surface area contributed by atoms with Gasteiger partial charge in [0, 0.05) is 10.7 Å². The first-order valence-corrected chi connectivity index (χ1v) is 10.5. The number of rotatable bonds is 6. The molecular formula is C20H20ClN3O3S. The Labute approximate surface area is 169 Å². The zero-order chi connectivity index (χ0) is 20.3. The number of carbonyl (C=O) groups is 1. The Kier molecular flexibility index (Phi) is 5.98. The van der Waals surface area contributed by atoms with Crippen molar-refractivity contribution in [3.8, 4) is 0 Å². The summed E-state index contributed by atoms with van der Waals surface area (Å²) in [6.45, 7) is 3.53. The molecule has 1 N–H and O–H groups in total. The molecule has 146 valence electrons. The van der Waals surface area contributed by atoms with Gasteiger partial charge in [-0.05, 0) is 56.2 Å². The van der Waals surface area contributed by atoms with Crippen LogP contribution in [0.15, 0.2) is 65.6 Å². The van der Waals surface area contributed by atoms with E-state index in [2.05, 4.69) is 9.82 Å². The van der Waals surface area contributed by atoms with Gasteiger partial charge in [0.2, 0.25) is 10.0 Å². The van der Waals surface area contributed by atoms with Crippen molar-refractivity contribution in [2.45, 2.75) is 31.2 Å². The Balaban J connectivity index is 1.94.